The Balaban J connectivity index is 3.00. The van der Waals surface area contributed by atoms with Crippen molar-refractivity contribution in [3.05, 3.63) is 11.4 Å². The fraction of sp³-hybridized carbons (Fsp3) is 0.833. The molecule has 0 aromatic carbocycles. The van der Waals surface area contributed by atoms with Crippen molar-refractivity contribution in [1.29, 1.82) is 0 Å². The van der Waals surface area contributed by atoms with E-state index in [2.05, 4.69) is 4.85 Å². The maximum Gasteiger partial charge on any atom is 0.418 e. The molecule has 0 unspecified atom stereocenters. The van der Waals surface area contributed by atoms with E-state index in [1.807, 2.05) is 0 Å². The molecule has 0 radical (unpaired) electrons. The lowest BCUT2D eigenvalue weighted by atomic mass is 10.1. The van der Waals surface area contributed by atoms with Crippen molar-refractivity contribution in [3.63, 3.8) is 0 Å². The van der Waals surface area contributed by atoms with Gasteiger partial charge in [0.1, 0.15) is 17.9 Å². The zero-order chi connectivity index (χ0) is 13.5. The minimum atomic E-state index is -0.994. The second kappa shape index (κ2) is 3.88. The molecule has 1 aliphatic rings. The number of nitrogens with zero attached hydrogens (tertiary/aromatic N) is 2. The van der Waals surface area contributed by atoms with E-state index in [0.29, 0.717) is 0 Å². The molecule has 17 heavy (non-hydrogen) atoms. The molecule has 96 valence electrons. The zero-order valence-corrected chi connectivity index (χ0v) is 11.3. The lowest BCUT2D eigenvalue weighted by Crippen LogP contribution is -2.54. The summed E-state index contributed by atoms with van der Waals surface area (Å²) in [7, 11) is 0. The van der Waals surface area contributed by atoms with Gasteiger partial charge in [0.25, 0.3) is 0 Å². The fourth-order valence-corrected chi connectivity index (χ4v) is 1.83. The third kappa shape index (κ3) is 2.70. The molecular weight excluding hydrogens is 220 g/mol. The molecule has 1 atom stereocenters. The van der Waals surface area contributed by atoms with Crippen LogP contribution in [0.25, 0.3) is 4.85 Å². The van der Waals surface area contributed by atoms with Crippen molar-refractivity contribution in [2.75, 3.05) is 6.61 Å². The number of hydrogen-bond acceptors (Lipinski definition) is 3. The second-order valence-electron chi connectivity index (χ2n) is 5.88. The summed E-state index contributed by atoms with van der Waals surface area (Å²) in [6, 6.07) is 0. The first kappa shape index (κ1) is 13.8. The van der Waals surface area contributed by atoms with Crippen LogP contribution in [0.15, 0.2) is 0 Å². The Labute approximate surface area is 102 Å². The highest BCUT2D eigenvalue weighted by Crippen LogP contribution is 2.37. The maximum atomic E-state index is 12.1. The molecule has 1 heterocycles. The van der Waals surface area contributed by atoms with E-state index in [1.165, 1.54) is 4.90 Å². The topological polar surface area (TPSA) is 43.1 Å². The summed E-state index contributed by atoms with van der Waals surface area (Å²) in [4.78, 5) is 17.0. The molecule has 5 heteroatoms. The average Bonchev–Trinajstić information content (AvgIpc) is 2.35. The van der Waals surface area contributed by atoms with E-state index in [-0.39, 0.29) is 6.61 Å². The van der Waals surface area contributed by atoms with Crippen LogP contribution in [0.5, 0.6) is 0 Å². The standard InChI is InChI=1S/C12H20N2O3/c1-10(2,3)17-9(15)14-11(4,5)16-8-12(14,6)13-7/h8H2,1-6H3/t12-/m0/s1. The van der Waals surface area contributed by atoms with Crippen molar-refractivity contribution in [2.45, 2.75) is 58.5 Å². The van der Waals surface area contributed by atoms with E-state index < -0.39 is 23.1 Å². The lowest BCUT2D eigenvalue weighted by Gasteiger charge is -2.34. The van der Waals surface area contributed by atoms with Crippen molar-refractivity contribution in [2.24, 2.45) is 0 Å². The molecule has 1 fully saturated rings. The van der Waals surface area contributed by atoms with Crippen molar-refractivity contribution in [1.82, 2.24) is 4.90 Å². The molecule has 0 saturated carbocycles. The maximum absolute atomic E-state index is 12.1. The predicted molar refractivity (Wildman–Crippen MR) is 63.1 cm³/mol. The first-order valence-corrected chi connectivity index (χ1v) is 5.58. The van der Waals surface area contributed by atoms with E-state index in [1.54, 1.807) is 41.5 Å². The average molecular weight is 240 g/mol. The monoisotopic (exact) mass is 240 g/mol. The molecule has 1 saturated heterocycles. The van der Waals surface area contributed by atoms with Crippen LogP contribution in [-0.4, -0.2) is 34.6 Å². The Kier molecular flexibility index (Phi) is 3.15. The largest absolute Gasteiger partial charge is 0.443 e. The van der Waals surface area contributed by atoms with E-state index in [9.17, 15) is 4.79 Å². The van der Waals surface area contributed by atoms with Crippen molar-refractivity contribution >= 4 is 6.09 Å². The van der Waals surface area contributed by atoms with Gasteiger partial charge >= 0.3 is 11.8 Å². The van der Waals surface area contributed by atoms with E-state index in [0.717, 1.165) is 0 Å². The van der Waals surface area contributed by atoms with Crippen LogP contribution in [0.4, 0.5) is 4.79 Å². The fourth-order valence-electron chi connectivity index (χ4n) is 1.83. The molecule has 0 bridgehead atoms. The quantitative estimate of drug-likeness (QED) is 0.611. The van der Waals surface area contributed by atoms with Gasteiger partial charge in [-0.25, -0.2) is 16.3 Å². The van der Waals surface area contributed by atoms with E-state index in [4.69, 9.17) is 16.0 Å². The highest BCUT2D eigenvalue weighted by atomic mass is 16.6. The number of hydrogen-bond donors (Lipinski definition) is 0. The molecule has 5 nitrogen and oxygen atoms in total. The van der Waals surface area contributed by atoms with Crippen LogP contribution in [-0.2, 0) is 9.47 Å². The minimum Gasteiger partial charge on any atom is -0.443 e. The van der Waals surface area contributed by atoms with Gasteiger partial charge < -0.3 is 9.47 Å². The smallest absolute Gasteiger partial charge is 0.418 e. The van der Waals surface area contributed by atoms with Crippen LogP contribution in [0, 0.1) is 6.57 Å². The summed E-state index contributed by atoms with van der Waals surface area (Å²) < 4.78 is 10.8. The number of amides is 1. The van der Waals surface area contributed by atoms with Crippen molar-refractivity contribution < 1.29 is 14.3 Å². The van der Waals surface area contributed by atoms with Crippen molar-refractivity contribution in [3.8, 4) is 0 Å². The highest BCUT2D eigenvalue weighted by Gasteiger charge is 2.58. The molecule has 1 aliphatic heterocycles. The van der Waals surface area contributed by atoms with Gasteiger partial charge in [-0.2, -0.15) is 0 Å². The highest BCUT2D eigenvalue weighted by molar-refractivity contribution is 5.70. The zero-order valence-electron chi connectivity index (χ0n) is 11.3. The third-order valence-electron chi connectivity index (χ3n) is 2.54. The third-order valence-corrected chi connectivity index (χ3v) is 2.54. The molecule has 1 rings (SSSR count). The van der Waals surface area contributed by atoms with Crippen LogP contribution in [0.3, 0.4) is 0 Å². The minimum absolute atomic E-state index is 0.197. The molecule has 0 aromatic heterocycles. The number of ether oxygens (including phenoxy) is 2. The second-order valence-corrected chi connectivity index (χ2v) is 5.88. The van der Waals surface area contributed by atoms with Gasteiger partial charge in [-0.1, -0.05) is 0 Å². The van der Waals surface area contributed by atoms with Gasteiger partial charge in [-0.15, -0.1) is 0 Å². The molecule has 0 aromatic rings. The molecule has 1 amide bonds. The Bertz CT molecular complexity index is 365. The SMILES string of the molecule is [C-]#[N+][C@]1(C)COC(C)(C)N1C(=O)OC(C)(C)C. The summed E-state index contributed by atoms with van der Waals surface area (Å²) in [5.74, 6) is 0. The van der Waals surface area contributed by atoms with Gasteiger partial charge in [0, 0.05) is 6.92 Å². The van der Waals surface area contributed by atoms with Gasteiger partial charge in [0.15, 0.2) is 0 Å². The Morgan fingerprint density at radius 2 is 1.94 bits per heavy atom. The van der Waals surface area contributed by atoms with Crippen LogP contribution >= 0.6 is 0 Å². The van der Waals surface area contributed by atoms with Gasteiger partial charge in [0.2, 0.25) is 0 Å². The number of carbonyl (C=O) groups is 1. The van der Waals surface area contributed by atoms with Gasteiger partial charge in [-0.05, 0) is 34.6 Å². The summed E-state index contributed by atoms with van der Waals surface area (Å²) in [6.45, 7) is 18.0. The van der Waals surface area contributed by atoms with Crippen LogP contribution in [0.1, 0.15) is 41.5 Å². The van der Waals surface area contributed by atoms with Gasteiger partial charge in [-0.3, -0.25) is 4.85 Å². The first-order chi connectivity index (χ1) is 7.52. The van der Waals surface area contributed by atoms with E-state index >= 15 is 0 Å². The molecule has 0 aliphatic carbocycles. The summed E-state index contributed by atoms with van der Waals surface area (Å²) >= 11 is 0. The molecule has 0 N–H and O–H groups in total. The summed E-state index contributed by atoms with van der Waals surface area (Å²) in [6.07, 6.45) is -0.515. The lowest BCUT2D eigenvalue weighted by molar-refractivity contribution is -0.0653. The van der Waals surface area contributed by atoms with Crippen LogP contribution < -0.4 is 0 Å². The Morgan fingerprint density at radius 3 is 2.35 bits per heavy atom. The molecule has 0 spiro atoms. The number of carbonyl (C=O) groups excluding carboxylic acids is 1. The predicted octanol–water partition coefficient (Wildman–Crippen LogP) is 2.63. The number of rotatable bonds is 0. The summed E-state index contributed by atoms with van der Waals surface area (Å²) in [5.41, 5.74) is -2.40. The van der Waals surface area contributed by atoms with Crippen LogP contribution in [0.2, 0.25) is 0 Å². The normalized spacial score (nSPS) is 27.7. The Hall–Kier alpha value is -1.28. The first-order valence-electron chi connectivity index (χ1n) is 5.58. The molecular formula is C12H20N2O3. The Morgan fingerprint density at radius 1 is 1.41 bits per heavy atom. The van der Waals surface area contributed by atoms with Gasteiger partial charge in [0.05, 0.1) is 0 Å². The summed E-state index contributed by atoms with van der Waals surface area (Å²) in [5, 5.41) is 0.